The number of carboxylic acids is 1. The van der Waals surface area contributed by atoms with E-state index in [1.165, 1.54) is 47.7 Å². The molecule has 34 heavy (non-hydrogen) atoms. The molecule has 2 aliphatic heterocycles. The SMILES string of the molecule is Cc1ccc(CN2CCCC(c3nc4ccc(N5CCCC5)cn4n3)C2)s1.O=C(O)C(F)(F)F. The van der Waals surface area contributed by atoms with E-state index in [0.29, 0.717) is 5.92 Å². The summed E-state index contributed by atoms with van der Waals surface area (Å²) in [5.74, 6) is -1.30. The molecule has 7 nitrogen and oxygen atoms in total. The second-order valence-corrected chi connectivity index (χ2v) is 10.1. The van der Waals surface area contributed by atoms with Crippen molar-refractivity contribution in [3.05, 3.63) is 46.0 Å². The summed E-state index contributed by atoms with van der Waals surface area (Å²) in [5.41, 5.74) is 2.24. The lowest BCUT2D eigenvalue weighted by atomic mass is 9.97. The zero-order valence-corrected chi connectivity index (χ0v) is 19.8. The molecular weight excluding hydrogens is 467 g/mol. The fourth-order valence-corrected chi connectivity index (χ4v) is 5.36. The first kappa shape index (κ1) is 24.5. The number of piperidine rings is 1. The van der Waals surface area contributed by atoms with Gasteiger partial charge in [-0.15, -0.1) is 11.3 Å². The average Bonchev–Trinajstić information content (AvgIpc) is 3.54. The van der Waals surface area contributed by atoms with Crippen LogP contribution < -0.4 is 4.90 Å². The molecule has 1 N–H and O–H groups in total. The molecule has 184 valence electrons. The number of aliphatic carboxylic acids is 1. The van der Waals surface area contributed by atoms with E-state index >= 15 is 0 Å². The molecule has 2 fully saturated rings. The number of fused-ring (bicyclic) bond motifs is 1. The van der Waals surface area contributed by atoms with Crippen molar-refractivity contribution in [1.82, 2.24) is 19.5 Å². The van der Waals surface area contributed by atoms with E-state index in [4.69, 9.17) is 20.0 Å². The second kappa shape index (κ2) is 10.3. The molecule has 2 saturated heterocycles. The van der Waals surface area contributed by atoms with Gasteiger partial charge in [0.2, 0.25) is 0 Å². The second-order valence-electron chi connectivity index (χ2n) is 8.74. The molecule has 0 saturated carbocycles. The molecule has 5 rings (SSSR count). The number of hydrogen-bond acceptors (Lipinski definition) is 6. The topological polar surface area (TPSA) is 74.0 Å². The largest absolute Gasteiger partial charge is 0.490 e. The van der Waals surface area contributed by atoms with E-state index in [0.717, 1.165) is 37.7 Å². The zero-order valence-electron chi connectivity index (χ0n) is 19.0. The van der Waals surface area contributed by atoms with Crippen LogP contribution in [0.25, 0.3) is 5.65 Å². The van der Waals surface area contributed by atoms with E-state index in [9.17, 15) is 13.2 Å². The smallest absolute Gasteiger partial charge is 0.475 e. The van der Waals surface area contributed by atoms with Gasteiger partial charge in [0.15, 0.2) is 11.5 Å². The Bertz CT molecular complexity index is 1120. The molecule has 1 unspecified atom stereocenters. The molecule has 0 aliphatic carbocycles. The zero-order chi connectivity index (χ0) is 24.3. The predicted molar refractivity (Wildman–Crippen MR) is 124 cm³/mol. The molecule has 0 spiro atoms. The maximum absolute atomic E-state index is 10.6. The number of carbonyl (C=O) groups is 1. The highest BCUT2D eigenvalue weighted by atomic mass is 32.1. The van der Waals surface area contributed by atoms with Gasteiger partial charge in [0.25, 0.3) is 0 Å². The quantitative estimate of drug-likeness (QED) is 0.565. The van der Waals surface area contributed by atoms with Crippen LogP contribution in [0.4, 0.5) is 18.9 Å². The van der Waals surface area contributed by atoms with Crippen LogP contribution in [0.5, 0.6) is 0 Å². The predicted octanol–water partition coefficient (Wildman–Crippen LogP) is 4.71. The molecule has 11 heteroatoms. The van der Waals surface area contributed by atoms with Gasteiger partial charge in [0.1, 0.15) is 0 Å². The lowest BCUT2D eigenvalue weighted by Gasteiger charge is -2.30. The summed E-state index contributed by atoms with van der Waals surface area (Å²) in [6, 6.07) is 8.82. The Balaban J connectivity index is 0.000000344. The molecule has 5 heterocycles. The first-order valence-electron chi connectivity index (χ1n) is 11.4. The summed E-state index contributed by atoms with van der Waals surface area (Å²) < 4.78 is 33.7. The van der Waals surface area contributed by atoms with Gasteiger partial charge < -0.3 is 10.0 Å². The van der Waals surface area contributed by atoms with Gasteiger partial charge in [-0.25, -0.2) is 14.3 Å². The molecule has 3 aromatic rings. The third-order valence-electron chi connectivity index (χ3n) is 6.09. The van der Waals surface area contributed by atoms with Crippen molar-refractivity contribution < 1.29 is 23.1 Å². The Kier molecular flexibility index (Phi) is 7.42. The number of halogens is 3. The van der Waals surface area contributed by atoms with Crippen molar-refractivity contribution in [3.8, 4) is 0 Å². The number of thiophene rings is 1. The van der Waals surface area contributed by atoms with Crippen LogP contribution in [0.1, 0.15) is 47.2 Å². The molecule has 0 bridgehead atoms. The minimum Gasteiger partial charge on any atom is -0.475 e. The van der Waals surface area contributed by atoms with E-state index in [2.05, 4.69) is 47.2 Å². The van der Waals surface area contributed by atoms with Crippen molar-refractivity contribution in [2.24, 2.45) is 0 Å². The van der Waals surface area contributed by atoms with Crippen molar-refractivity contribution in [2.75, 3.05) is 31.1 Å². The summed E-state index contributed by atoms with van der Waals surface area (Å²) in [6.07, 6.45) is 2.08. The molecular formula is C23H28F3N5O2S. The molecule has 3 aromatic heterocycles. The van der Waals surface area contributed by atoms with E-state index in [-0.39, 0.29) is 0 Å². The first-order chi connectivity index (χ1) is 16.2. The first-order valence-corrected chi connectivity index (χ1v) is 12.2. The number of pyridine rings is 1. The van der Waals surface area contributed by atoms with E-state index in [1.54, 1.807) is 0 Å². The van der Waals surface area contributed by atoms with E-state index < -0.39 is 12.1 Å². The minimum atomic E-state index is -5.08. The molecule has 0 radical (unpaired) electrons. The van der Waals surface area contributed by atoms with Crippen LogP contribution in [0.3, 0.4) is 0 Å². The maximum atomic E-state index is 10.6. The highest BCUT2D eigenvalue weighted by molar-refractivity contribution is 7.11. The number of likely N-dealkylation sites (tertiary alicyclic amines) is 1. The third-order valence-corrected chi connectivity index (χ3v) is 7.08. The van der Waals surface area contributed by atoms with Crippen molar-refractivity contribution in [3.63, 3.8) is 0 Å². The number of carboxylic acid groups (broad SMARTS) is 1. The maximum Gasteiger partial charge on any atom is 0.490 e. The van der Waals surface area contributed by atoms with Crippen LogP contribution >= 0.6 is 11.3 Å². The molecule has 0 aromatic carbocycles. The summed E-state index contributed by atoms with van der Waals surface area (Å²) in [5, 5.41) is 12.0. The number of alkyl halides is 3. The van der Waals surface area contributed by atoms with Gasteiger partial charge in [-0.2, -0.15) is 18.3 Å². The van der Waals surface area contributed by atoms with Gasteiger partial charge in [-0.05, 0) is 63.4 Å². The van der Waals surface area contributed by atoms with E-state index in [1.807, 2.05) is 15.9 Å². The van der Waals surface area contributed by atoms with Gasteiger partial charge in [0.05, 0.1) is 11.9 Å². The normalized spacial score (nSPS) is 19.3. The van der Waals surface area contributed by atoms with Gasteiger partial charge in [-0.1, -0.05) is 0 Å². The fraction of sp³-hybridized carbons (Fsp3) is 0.522. The van der Waals surface area contributed by atoms with Gasteiger partial charge in [0, 0.05) is 41.9 Å². The van der Waals surface area contributed by atoms with Crippen LogP contribution in [-0.2, 0) is 11.3 Å². The number of aryl methyl sites for hydroxylation is 1. The lowest BCUT2D eigenvalue weighted by Crippen LogP contribution is -2.34. The van der Waals surface area contributed by atoms with Crippen LogP contribution in [0.15, 0.2) is 30.5 Å². The Hall–Kier alpha value is -2.66. The van der Waals surface area contributed by atoms with Crippen LogP contribution in [0, 0.1) is 6.92 Å². The molecule has 2 aliphatic rings. The lowest BCUT2D eigenvalue weighted by molar-refractivity contribution is -0.192. The van der Waals surface area contributed by atoms with Crippen molar-refractivity contribution in [1.29, 1.82) is 0 Å². The average molecular weight is 496 g/mol. The van der Waals surface area contributed by atoms with Crippen LogP contribution in [0.2, 0.25) is 0 Å². The fourth-order valence-electron chi connectivity index (χ4n) is 4.43. The minimum absolute atomic E-state index is 0.440. The van der Waals surface area contributed by atoms with Gasteiger partial charge in [-0.3, -0.25) is 4.90 Å². The van der Waals surface area contributed by atoms with Crippen LogP contribution in [-0.4, -0.2) is 62.9 Å². The van der Waals surface area contributed by atoms with Crippen molar-refractivity contribution >= 4 is 28.6 Å². The Morgan fingerprint density at radius 1 is 1.15 bits per heavy atom. The third kappa shape index (κ3) is 6.06. The summed E-state index contributed by atoms with van der Waals surface area (Å²) in [6.45, 7) is 7.80. The Morgan fingerprint density at radius 2 is 1.88 bits per heavy atom. The summed E-state index contributed by atoms with van der Waals surface area (Å²) in [4.78, 5) is 21.6. The molecule has 0 amide bonds. The summed E-state index contributed by atoms with van der Waals surface area (Å²) in [7, 11) is 0. The molecule has 1 atom stereocenters. The highest BCUT2D eigenvalue weighted by Crippen LogP contribution is 2.28. The summed E-state index contributed by atoms with van der Waals surface area (Å²) >= 11 is 1.91. The number of hydrogen-bond donors (Lipinski definition) is 1. The monoisotopic (exact) mass is 495 g/mol. The Labute approximate surface area is 199 Å². The van der Waals surface area contributed by atoms with Crippen molar-refractivity contribution in [2.45, 2.75) is 51.2 Å². The Morgan fingerprint density at radius 3 is 2.53 bits per heavy atom. The number of anilines is 1. The number of aromatic nitrogens is 3. The van der Waals surface area contributed by atoms with Gasteiger partial charge >= 0.3 is 12.1 Å². The number of nitrogens with zero attached hydrogens (tertiary/aromatic N) is 5. The number of rotatable bonds is 4. The highest BCUT2D eigenvalue weighted by Gasteiger charge is 2.38. The standard InChI is InChI=1S/C21H27N5S.C2HF3O2/c1-16-6-8-19(27-16)15-24-10-4-5-17(13-24)21-22-20-9-7-18(14-26(20)23-21)25-11-2-3-12-25;3-2(4,5)1(6)7/h6-9,14,17H,2-5,10-13,15H2,1H3;(H,6,7).